The Morgan fingerprint density at radius 3 is 2.93 bits per heavy atom. The van der Waals surface area contributed by atoms with Crippen LogP contribution in [-0.2, 0) is 4.79 Å². The summed E-state index contributed by atoms with van der Waals surface area (Å²) in [5.41, 5.74) is 2.22. The van der Waals surface area contributed by atoms with Crippen LogP contribution in [0.15, 0.2) is 42.9 Å². The van der Waals surface area contributed by atoms with Crippen molar-refractivity contribution in [1.82, 2.24) is 19.3 Å². The van der Waals surface area contributed by atoms with Crippen LogP contribution in [-0.4, -0.2) is 44.8 Å². The van der Waals surface area contributed by atoms with E-state index in [2.05, 4.69) is 22.2 Å². The number of benzene rings is 1. The average molecular weight is 381 g/mol. The van der Waals surface area contributed by atoms with Crippen LogP contribution in [0.2, 0.25) is 0 Å². The molecule has 3 aromatic rings. The highest BCUT2D eigenvalue weighted by atomic mass is 19.1. The summed E-state index contributed by atoms with van der Waals surface area (Å²) in [6, 6.07) is 6.25. The van der Waals surface area contributed by atoms with Crippen molar-refractivity contribution < 1.29 is 9.18 Å². The predicted octanol–water partition coefficient (Wildman–Crippen LogP) is 3.60. The van der Waals surface area contributed by atoms with Crippen molar-refractivity contribution in [3.63, 3.8) is 0 Å². The maximum absolute atomic E-state index is 13.3. The predicted molar refractivity (Wildman–Crippen MR) is 106 cm³/mol. The summed E-state index contributed by atoms with van der Waals surface area (Å²) in [5.74, 6) is 1.24. The smallest absolute Gasteiger partial charge is 0.224 e. The second kappa shape index (κ2) is 7.96. The van der Waals surface area contributed by atoms with Gasteiger partial charge in [-0.25, -0.2) is 9.37 Å². The summed E-state index contributed by atoms with van der Waals surface area (Å²) in [7, 11) is 0. The van der Waals surface area contributed by atoms with E-state index in [9.17, 15) is 9.18 Å². The molecule has 0 unspecified atom stereocenters. The number of halogens is 1. The molecule has 4 rings (SSSR count). The van der Waals surface area contributed by atoms with Crippen LogP contribution in [0.25, 0.3) is 16.9 Å². The van der Waals surface area contributed by atoms with Gasteiger partial charge < -0.3 is 10.2 Å². The zero-order valence-corrected chi connectivity index (χ0v) is 15.9. The first-order valence-corrected chi connectivity index (χ1v) is 9.71. The molecular formula is C21H24FN5O. The van der Waals surface area contributed by atoms with Gasteiger partial charge in [-0.1, -0.05) is 6.92 Å². The number of amides is 1. The van der Waals surface area contributed by atoms with Gasteiger partial charge in [0.05, 0.1) is 6.20 Å². The Balaban J connectivity index is 1.52. The summed E-state index contributed by atoms with van der Waals surface area (Å²) in [4.78, 5) is 23.3. The van der Waals surface area contributed by atoms with Gasteiger partial charge in [-0.3, -0.25) is 14.2 Å². The summed E-state index contributed by atoms with van der Waals surface area (Å²) in [6.45, 7) is 4.40. The van der Waals surface area contributed by atoms with Crippen LogP contribution in [0.5, 0.6) is 0 Å². The highest BCUT2D eigenvalue weighted by molar-refractivity contribution is 5.78. The van der Waals surface area contributed by atoms with Crippen molar-refractivity contribution in [2.24, 2.45) is 5.92 Å². The number of hydrogen-bond donors (Lipinski definition) is 1. The molecule has 1 aliphatic heterocycles. The van der Waals surface area contributed by atoms with Crippen molar-refractivity contribution in [2.75, 3.05) is 25.0 Å². The molecule has 1 atom stereocenters. The van der Waals surface area contributed by atoms with Gasteiger partial charge in [0.25, 0.3) is 0 Å². The number of carbonyl (C=O) groups excluding carboxylic acids is 1. The van der Waals surface area contributed by atoms with E-state index < -0.39 is 0 Å². The number of hydrogen-bond acceptors (Lipinski definition) is 4. The van der Waals surface area contributed by atoms with Crippen LogP contribution >= 0.6 is 0 Å². The monoisotopic (exact) mass is 381 g/mol. The lowest BCUT2D eigenvalue weighted by Gasteiger charge is -2.31. The molecule has 1 fully saturated rings. The fourth-order valence-corrected chi connectivity index (χ4v) is 3.75. The third-order valence-electron chi connectivity index (χ3n) is 5.19. The Bertz CT molecular complexity index is 969. The number of likely N-dealkylation sites (tertiary alicyclic amines) is 1. The summed E-state index contributed by atoms with van der Waals surface area (Å²) >= 11 is 0. The van der Waals surface area contributed by atoms with E-state index in [0.29, 0.717) is 30.2 Å². The van der Waals surface area contributed by atoms with Gasteiger partial charge in [-0.15, -0.1) is 0 Å². The molecule has 0 bridgehead atoms. The number of rotatable bonds is 5. The molecule has 2 aromatic heterocycles. The number of carbonyl (C=O) groups is 1. The molecule has 6 nitrogen and oxygen atoms in total. The van der Waals surface area contributed by atoms with Crippen molar-refractivity contribution in [1.29, 1.82) is 0 Å². The Hall–Kier alpha value is -2.96. The topological polar surface area (TPSA) is 62.5 Å². The van der Waals surface area contributed by atoms with Gasteiger partial charge in [-0.2, -0.15) is 0 Å². The van der Waals surface area contributed by atoms with Crippen LogP contribution < -0.4 is 5.32 Å². The normalized spacial score (nSPS) is 17.1. The third kappa shape index (κ3) is 3.83. The van der Waals surface area contributed by atoms with E-state index in [1.807, 2.05) is 15.5 Å². The van der Waals surface area contributed by atoms with Crippen molar-refractivity contribution >= 4 is 17.4 Å². The minimum absolute atomic E-state index is 0.179. The molecule has 0 radical (unpaired) electrons. The Kier molecular flexibility index (Phi) is 5.23. The average Bonchev–Trinajstić information content (AvgIpc) is 3.07. The van der Waals surface area contributed by atoms with Crippen LogP contribution in [0.3, 0.4) is 0 Å². The van der Waals surface area contributed by atoms with E-state index in [1.54, 1.807) is 24.5 Å². The lowest BCUT2D eigenvalue weighted by molar-refractivity contribution is -0.132. The fourth-order valence-electron chi connectivity index (χ4n) is 3.75. The summed E-state index contributed by atoms with van der Waals surface area (Å²) in [5, 5.41) is 3.36. The number of anilines is 1. The van der Waals surface area contributed by atoms with Gasteiger partial charge in [0.2, 0.25) is 5.91 Å². The largest absolute Gasteiger partial charge is 0.369 e. The van der Waals surface area contributed by atoms with Crippen molar-refractivity contribution in [3.05, 3.63) is 48.7 Å². The molecule has 0 saturated carbocycles. The highest BCUT2D eigenvalue weighted by Gasteiger charge is 2.21. The van der Waals surface area contributed by atoms with Crippen LogP contribution in [0.1, 0.15) is 26.2 Å². The SMILES string of the molecule is C[C@@H]1CCCN(C(=O)CCNc2c(-c3ccc(F)cc3)nc3cnccn23)C1. The third-order valence-corrected chi connectivity index (χ3v) is 5.19. The zero-order valence-electron chi connectivity index (χ0n) is 15.9. The minimum Gasteiger partial charge on any atom is -0.369 e. The minimum atomic E-state index is -0.287. The van der Waals surface area contributed by atoms with E-state index in [4.69, 9.17) is 0 Å². The molecule has 0 spiro atoms. The van der Waals surface area contributed by atoms with Crippen molar-refractivity contribution in [2.45, 2.75) is 26.2 Å². The highest BCUT2D eigenvalue weighted by Crippen LogP contribution is 2.28. The molecule has 1 saturated heterocycles. The lowest BCUT2D eigenvalue weighted by Crippen LogP contribution is -2.39. The second-order valence-corrected chi connectivity index (χ2v) is 7.38. The quantitative estimate of drug-likeness (QED) is 0.734. The number of aromatic nitrogens is 3. The molecule has 1 amide bonds. The first-order chi connectivity index (χ1) is 13.6. The zero-order chi connectivity index (χ0) is 19.5. The summed E-state index contributed by atoms with van der Waals surface area (Å²) in [6.07, 6.45) is 7.89. The first kappa shape index (κ1) is 18.4. The summed E-state index contributed by atoms with van der Waals surface area (Å²) < 4.78 is 15.2. The number of imidazole rings is 1. The Morgan fingerprint density at radius 2 is 2.14 bits per heavy atom. The van der Waals surface area contributed by atoms with Crippen LogP contribution in [0.4, 0.5) is 10.2 Å². The second-order valence-electron chi connectivity index (χ2n) is 7.38. The van der Waals surface area contributed by atoms with E-state index >= 15 is 0 Å². The standard InChI is InChI=1S/C21H24FN5O/c1-15-3-2-11-26(14-15)19(28)8-9-24-21-20(16-4-6-17(22)7-5-16)25-18-13-23-10-12-27(18)21/h4-7,10,12-13,15,24H,2-3,8-9,11,14H2,1H3/t15-/m1/s1. The molecule has 7 heteroatoms. The maximum Gasteiger partial charge on any atom is 0.224 e. The van der Waals surface area contributed by atoms with Crippen LogP contribution in [0, 0.1) is 11.7 Å². The Labute approximate surface area is 163 Å². The van der Waals surface area contributed by atoms with Gasteiger partial charge in [0.1, 0.15) is 17.3 Å². The van der Waals surface area contributed by atoms with E-state index in [1.165, 1.54) is 18.6 Å². The fraction of sp³-hybridized carbons (Fsp3) is 0.381. The number of fused-ring (bicyclic) bond motifs is 1. The molecular weight excluding hydrogens is 357 g/mol. The van der Waals surface area contributed by atoms with E-state index in [-0.39, 0.29) is 11.7 Å². The van der Waals surface area contributed by atoms with Crippen molar-refractivity contribution in [3.8, 4) is 11.3 Å². The molecule has 3 heterocycles. The molecule has 1 N–H and O–H groups in total. The van der Waals surface area contributed by atoms with Gasteiger partial charge in [0.15, 0.2) is 5.65 Å². The number of nitrogens with zero attached hydrogens (tertiary/aromatic N) is 4. The molecule has 28 heavy (non-hydrogen) atoms. The molecule has 1 aromatic carbocycles. The number of piperidine rings is 1. The van der Waals surface area contributed by atoms with Gasteiger partial charge >= 0.3 is 0 Å². The molecule has 146 valence electrons. The lowest BCUT2D eigenvalue weighted by atomic mass is 10.00. The van der Waals surface area contributed by atoms with Gasteiger partial charge in [0, 0.05) is 44.0 Å². The number of nitrogens with one attached hydrogen (secondary N) is 1. The van der Waals surface area contributed by atoms with Gasteiger partial charge in [-0.05, 0) is 43.0 Å². The maximum atomic E-state index is 13.3. The molecule has 0 aliphatic carbocycles. The first-order valence-electron chi connectivity index (χ1n) is 9.71. The molecule has 1 aliphatic rings. The van der Waals surface area contributed by atoms with E-state index in [0.717, 1.165) is 30.9 Å². The Morgan fingerprint density at radius 1 is 1.32 bits per heavy atom.